The topological polar surface area (TPSA) is 68.0 Å². The second kappa shape index (κ2) is 5.84. The molecule has 1 aromatic carbocycles. The number of aryl methyl sites for hydroxylation is 2. The van der Waals surface area contributed by atoms with E-state index >= 15 is 0 Å². The summed E-state index contributed by atoms with van der Waals surface area (Å²) in [6.45, 7) is 4.46. The zero-order chi connectivity index (χ0) is 13.8. The molecule has 1 heterocycles. The van der Waals surface area contributed by atoms with Crippen LogP contribution in [0.25, 0.3) is 0 Å². The summed E-state index contributed by atoms with van der Waals surface area (Å²) >= 11 is 1.59. The number of thiazole rings is 1. The molecule has 2 rings (SSSR count). The molecule has 0 saturated carbocycles. The Morgan fingerprint density at radius 3 is 2.58 bits per heavy atom. The van der Waals surface area contributed by atoms with Gasteiger partial charge in [-0.25, -0.2) is 4.98 Å². The Bertz CT molecular complexity index is 546. The normalized spacial score (nSPS) is 12.1. The van der Waals surface area contributed by atoms with Crippen molar-refractivity contribution in [3.05, 3.63) is 46.5 Å². The SMILES string of the molecule is Cc1nc(NCC(C(N)=O)c2ccccc2)sc1C. The van der Waals surface area contributed by atoms with Crippen LogP contribution in [0.2, 0.25) is 0 Å². The molecule has 0 fully saturated rings. The van der Waals surface area contributed by atoms with Crippen LogP contribution in [-0.2, 0) is 4.79 Å². The van der Waals surface area contributed by atoms with Crippen molar-refractivity contribution in [2.24, 2.45) is 5.73 Å². The molecule has 0 aliphatic carbocycles. The average molecular weight is 275 g/mol. The molecule has 0 radical (unpaired) electrons. The Labute approximate surface area is 116 Å². The van der Waals surface area contributed by atoms with Gasteiger partial charge in [-0.3, -0.25) is 4.79 Å². The van der Waals surface area contributed by atoms with E-state index < -0.39 is 0 Å². The van der Waals surface area contributed by atoms with Gasteiger partial charge in [0.05, 0.1) is 11.6 Å². The van der Waals surface area contributed by atoms with Gasteiger partial charge in [0.2, 0.25) is 5.91 Å². The van der Waals surface area contributed by atoms with Crippen LogP contribution in [-0.4, -0.2) is 17.4 Å². The van der Waals surface area contributed by atoms with E-state index in [4.69, 9.17) is 5.73 Å². The summed E-state index contributed by atoms with van der Waals surface area (Å²) in [5, 5.41) is 4.02. The van der Waals surface area contributed by atoms with Crippen LogP contribution in [0.4, 0.5) is 5.13 Å². The number of nitrogens with zero attached hydrogens (tertiary/aromatic N) is 1. The summed E-state index contributed by atoms with van der Waals surface area (Å²) in [7, 11) is 0. The lowest BCUT2D eigenvalue weighted by Crippen LogP contribution is -2.27. The van der Waals surface area contributed by atoms with E-state index in [1.54, 1.807) is 11.3 Å². The fourth-order valence-electron chi connectivity index (χ4n) is 1.81. The maximum absolute atomic E-state index is 11.6. The number of anilines is 1. The number of hydrogen-bond acceptors (Lipinski definition) is 4. The average Bonchev–Trinajstić information content (AvgIpc) is 2.70. The molecule has 0 spiro atoms. The Morgan fingerprint density at radius 2 is 2.05 bits per heavy atom. The van der Waals surface area contributed by atoms with Gasteiger partial charge in [0, 0.05) is 11.4 Å². The van der Waals surface area contributed by atoms with Crippen molar-refractivity contribution in [3.8, 4) is 0 Å². The third kappa shape index (κ3) is 3.32. The molecular weight excluding hydrogens is 258 g/mol. The van der Waals surface area contributed by atoms with Crippen LogP contribution < -0.4 is 11.1 Å². The Hall–Kier alpha value is -1.88. The fourth-order valence-corrected chi connectivity index (χ4v) is 2.63. The lowest BCUT2D eigenvalue weighted by Gasteiger charge is -2.14. The van der Waals surface area contributed by atoms with Crippen molar-refractivity contribution in [2.75, 3.05) is 11.9 Å². The number of benzene rings is 1. The van der Waals surface area contributed by atoms with E-state index in [2.05, 4.69) is 10.3 Å². The number of hydrogen-bond donors (Lipinski definition) is 2. The van der Waals surface area contributed by atoms with Crippen molar-refractivity contribution >= 4 is 22.4 Å². The van der Waals surface area contributed by atoms with Gasteiger partial charge in [0.25, 0.3) is 0 Å². The lowest BCUT2D eigenvalue weighted by atomic mass is 9.99. The van der Waals surface area contributed by atoms with E-state index in [-0.39, 0.29) is 11.8 Å². The molecule has 2 aromatic rings. The predicted molar refractivity (Wildman–Crippen MR) is 78.5 cm³/mol. The van der Waals surface area contributed by atoms with Crippen LogP contribution in [0.15, 0.2) is 30.3 Å². The van der Waals surface area contributed by atoms with Crippen molar-refractivity contribution in [3.63, 3.8) is 0 Å². The van der Waals surface area contributed by atoms with Crippen LogP contribution in [0.5, 0.6) is 0 Å². The summed E-state index contributed by atoms with van der Waals surface area (Å²) < 4.78 is 0. The predicted octanol–water partition coefficient (Wildman–Crippen LogP) is 2.44. The highest BCUT2D eigenvalue weighted by atomic mass is 32.1. The highest BCUT2D eigenvalue weighted by Gasteiger charge is 2.17. The molecule has 4 nitrogen and oxygen atoms in total. The number of primary amides is 1. The van der Waals surface area contributed by atoms with Crippen molar-refractivity contribution in [1.82, 2.24) is 4.98 Å². The van der Waals surface area contributed by atoms with Gasteiger partial charge in [-0.2, -0.15) is 0 Å². The summed E-state index contributed by atoms with van der Waals surface area (Å²) in [5.74, 6) is -0.672. The molecule has 1 unspecified atom stereocenters. The van der Waals surface area contributed by atoms with Crippen molar-refractivity contribution < 1.29 is 4.79 Å². The van der Waals surface area contributed by atoms with Crippen molar-refractivity contribution in [2.45, 2.75) is 19.8 Å². The minimum atomic E-state index is -0.342. The van der Waals surface area contributed by atoms with Crippen molar-refractivity contribution in [1.29, 1.82) is 0 Å². The summed E-state index contributed by atoms with van der Waals surface area (Å²) in [5.41, 5.74) is 7.41. The third-order valence-electron chi connectivity index (χ3n) is 3.03. The molecule has 1 amide bonds. The van der Waals surface area contributed by atoms with Gasteiger partial charge in [-0.05, 0) is 19.4 Å². The van der Waals surface area contributed by atoms with Crippen LogP contribution in [0.3, 0.4) is 0 Å². The second-order valence-corrected chi connectivity index (χ2v) is 5.61. The van der Waals surface area contributed by atoms with E-state index in [1.807, 2.05) is 44.2 Å². The number of carbonyl (C=O) groups excluding carboxylic acids is 1. The summed E-state index contributed by atoms with van der Waals surface area (Å²) in [6.07, 6.45) is 0. The number of carbonyl (C=O) groups is 1. The van der Waals surface area contributed by atoms with E-state index in [1.165, 1.54) is 4.88 Å². The number of aromatic nitrogens is 1. The van der Waals surface area contributed by atoms with Gasteiger partial charge in [0.1, 0.15) is 0 Å². The summed E-state index contributed by atoms with van der Waals surface area (Å²) in [6, 6.07) is 9.55. The molecule has 19 heavy (non-hydrogen) atoms. The molecule has 3 N–H and O–H groups in total. The number of amides is 1. The largest absolute Gasteiger partial charge is 0.369 e. The first-order chi connectivity index (χ1) is 9.08. The smallest absolute Gasteiger partial charge is 0.226 e. The quantitative estimate of drug-likeness (QED) is 0.880. The summed E-state index contributed by atoms with van der Waals surface area (Å²) in [4.78, 5) is 17.1. The second-order valence-electron chi connectivity index (χ2n) is 4.41. The number of nitrogens with one attached hydrogen (secondary N) is 1. The molecule has 5 heteroatoms. The van der Waals surface area contributed by atoms with Gasteiger partial charge in [0.15, 0.2) is 5.13 Å². The van der Waals surface area contributed by atoms with Gasteiger partial charge in [-0.15, -0.1) is 11.3 Å². The van der Waals surface area contributed by atoms with Gasteiger partial charge in [-0.1, -0.05) is 30.3 Å². The first-order valence-corrected chi connectivity index (χ1v) is 6.91. The molecule has 0 aliphatic rings. The van der Waals surface area contributed by atoms with Gasteiger partial charge < -0.3 is 11.1 Å². The zero-order valence-corrected chi connectivity index (χ0v) is 11.8. The molecule has 100 valence electrons. The Balaban J connectivity index is 2.08. The molecule has 0 aliphatic heterocycles. The first-order valence-electron chi connectivity index (χ1n) is 6.10. The van der Waals surface area contributed by atoms with Crippen LogP contribution in [0.1, 0.15) is 22.1 Å². The minimum absolute atomic E-state index is 0.330. The molecule has 1 aromatic heterocycles. The number of nitrogens with two attached hydrogens (primary N) is 1. The monoisotopic (exact) mass is 275 g/mol. The first kappa shape index (κ1) is 13.5. The molecule has 0 bridgehead atoms. The lowest BCUT2D eigenvalue weighted by molar-refractivity contribution is -0.119. The van der Waals surface area contributed by atoms with Crippen LogP contribution in [0, 0.1) is 13.8 Å². The van der Waals surface area contributed by atoms with Gasteiger partial charge >= 0.3 is 0 Å². The highest BCUT2D eigenvalue weighted by molar-refractivity contribution is 7.15. The minimum Gasteiger partial charge on any atom is -0.369 e. The molecule has 1 atom stereocenters. The molecule has 0 saturated heterocycles. The third-order valence-corrected chi connectivity index (χ3v) is 4.06. The standard InChI is InChI=1S/C14H17N3OS/c1-9-10(2)19-14(17-9)16-8-12(13(15)18)11-6-4-3-5-7-11/h3-7,12H,8H2,1-2H3,(H2,15,18)(H,16,17). The van der Waals surface area contributed by atoms with E-state index in [9.17, 15) is 4.79 Å². The highest BCUT2D eigenvalue weighted by Crippen LogP contribution is 2.23. The zero-order valence-electron chi connectivity index (χ0n) is 11.0. The van der Waals surface area contributed by atoms with E-state index in [0.29, 0.717) is 6.54 Å². The maximum Gasteiger partial charge on any atom is 0.226 e. The Morgan fingerprint density at radius 1 is 1.37 bits per heavy atom. The number of rotatable bonds is 5. The maximum atomic E-state index is 11.6. The molecular formula is C14H17N3OS. The fraction of sp³-hybridized carbons (Fsp3) is 0.286. The van der Waals surface area contributed by atoms with E-state index in [0.717, 1.165) is 16.4 Å². The Kier molecular flexibility index (Phi) is 4.16. The van der Waals surface area contributed by atoms with Crippen LogP contribution >= 0.6 is 11.3 Å².